The molecule has 0 spiro atoms. The van der Waals surface area contributed by atoms with Gasteiger partial charge in [0.2, 0.25) is 11.8 Å². The summed E-state index contributed by atoms with van der Waals surface area (Å²) in [6.45, 7) is 5.11. The minimum atomic E-state index is -0.0984. The third-order valence-corrected chi connectivity index (χ3v) is 3.95. The van der Waals surface area contributed by atoms with Crippen molar-refractivity contribution in [2.45, 2.75) is 32.7 Å². The summed E-state index contributed by atoms with van der Waals surface area (Å²) in [5.41, 5.74) is 0. The quantitative estimate of drug-likeness (QED) is 0.885. The van der Waals surface area contributed by atoms with Gasteiger partial charge in [-0.25, -0.2) is 4.79 Å². The SMILES string of the molecule is Cc1nnc(CN(C)C(=O)NCCC2CCN(C)CC2)o1. The lowest BCUT2D eigenvalue weighted by Gasteiger charge is -2.29. The van der Waals surface area contributed by atoms with Crippen LogP contribution in [-0.2, 0) is 6.54 Å². The molecule has 2 heterocycles. The first-order chi connectivity index (χ1) is 10.0. The number of hydrogen-bond donors (Lipinski definition) is 1. The van der Waals surface area contributed by atoms with Crippen molar-refractivity contribution in [1.29, 1.82) is 0 Å². The molecule has 1 fully saturated rings. The molecule has 1 aromatic heterocycles. The number of hydrogen-bond acceptors (Lipinski definition) is 5. The Balaban J connectivity index is 1.64. The van der Waals surface area contributed by atoms with Crippen LogP contribution in [0.3, 0.4) is 0 Å². The molecule has 1 aromatic rings. The molecule has 1 N–H and O–H groups in total. The summed E-state index contributed by atoms with van der Waals surface area (Å²) >= 11 is 0. The van der Waals surface area contributed by atoms with Gasteiger partial charge in [-0.2, -0.15) is 0 Å². The Morgan fingerprint density at radius 1 is 1.43 bits per heavy atom. The number of carbonyl (C=O) groups excluding carboxylic acids is 1. The van der Waals surface area contributed by atoms with E-state index in [1.165, 1.54) is 12.8 Å². The van der Waals surface area contributed by atoms with Gasteiger partial charge >= 0.3 is 6.03 Å². The van der Waals surface area contributed by atoms with E-state index >= 15 is 0 Å². The van der Waals surface area contributed by atoms with Gasteiger partial charge < -0.3 is 19.5 Å². The van der Waals surface area contributed by atoms with Gasteiger partial charge in [0.15, 0.2) is 0 Å². The van der Waals surface area contributed by atoms with Crippen molar-refractivity contribution < 1.29 is 9.21 Å². The van der Waals surface area contributed by atoms with Crippen LogP contribution >= 0.6 is 0 Å². The van der Waals surface area contributed by atoms with Crippen molar-refractivity contribution in [3.8, 4) is 0 Å². The minimum Gasteiger partial charge on any atom is -0.424 e. The van der Waals surface area contributed by atoms with Crippen molar-refractivity contribution in [3.63, 3.8) is 0 Å². The van der Waals surface area contributed by atoms with Crippen LogP contribution in [-0.4, -0.2) is 59.8 Å². The molecule has 0 unspecified atom stereocenters. The highest BCUT2D eigenvalue weighted by atomic mass is 16.4. The molecule has 7 nitrogen and oxygen atoms in total. The Hall–Kier alpha value is -1.63. The van der Waals surface area contributed by atoms with E-state index in [4.69, 9.17) is 4.42 Å². The Bertz CT molecular complexity index is 454. The maximum Gasteiger partial charge on any atom is 0.317 e. The van der Waals surface area contributed by atoms with Crippen molar-refractivity contribution in [2.24, 2.45) is 5.92 Å². The fourth-order valence-corrected chi connectivity index (χ4v) is 2.55. The molecular formula is C14H25N5O2. The van der Waals surface area contributed by atoms with E-state index in [1.54, 1.807) is 18.9 Å². The molecule has 2 amide bonds. The number of carbonyl (C=O) groups is 1. The Morgan fingerprint density at radius 2 is 2.14 bits per heavy atom. The van der Waals surface area contributed by atoms with Crippen LogP contribution in [0.1, 0.15) is 31.0 Å². The predicted octanol–water partition coefficient (Wildman–Crippen LogP) is 1.25. The van der Waals surface area contributed by atoms with Gasteiger partial charge in [-0.1, -0.05) is 0 Å². The molecule has 0 saturated carbocycles. The fourth-order valence-electron chi connectivity index (χ4n) is 2.55. The van der Waals surface area contributed by atoms with Gasteiger partial charge in [0.05, 0.1) is 0 Å². The molecule has 21 heavy (non-hydrogen) atoms. The largest absolute Gasteiger partial charge is 0.424 e. The van der Waals surface area contributed by atoms with Crippen LogP contribution in [0.5, 0.6) is 0 Å². The molecule has 2 rings (SSSR count). The van der Waals surface area contributed by atoms with Gasteiger partial charge in [0, 0.05) is 20.5 Å². The lowest BCUT2D eigenvalue weighted by Crippen LogP contribution is -2.38. The molecule has 7 heteroatoms. The van der Waals surface area contributed by atoms with Gasteiger partial charge in [-0.15, -0.1) is 10.2 Å². The van der Waals surface area contributed by atoms with E-state index in [1.807, 2.05) is 0 Å². The average Bonchev–Trinajstić information content (AvgIpc) is 2.86. The smallest absolute Gasteiger partial charge is 0.317 e. The zero-order chi connectivity index (χ0) is 15.2. The number of urea groups is 1. The zero-order valence-corrected chi connectivity index (χ0v) is 13.1. The topological polar surface area (TPSA) is 74.5 Å². The Labute approximate surface area is 125 Å². The molecule has 0 bridgehead atoms. The van der Waals surface area contributed by atoms with E-state index < -0.39 is 0 Å². The monoisotopic (exact) mass is 295 g/mol. The lowest BCUT2D eigenvalue weighted by molar-refractivity contribution is 0.194. The third-order valence-electron chi connectivity index (χ3n) is 3.95. The molecule has 0 aliphatic carbocycles. The first kappa shape index (κ1) is 15.8. The summed E-state index contributed by atoms with van der Waals surface area (Å²) in [5, 5.41) is 10.6. The highest BCUT2D eigenvalue weighted by molar-refractivity contribution is 5.73. The van der Waals surface area contributed by atoms with Gasteiger partial charge in [-0.3, -0.25) is 0 Å². The lowest BCUT2D eigenvalue weighted by atomic mass is 9.94. The number of likely N-dealkylation sites (tertiary alicyclic amines) is 1. The van der Waals surface area contributed by atoms with Crippen LogP contribution in [0.25, 0.3) is 0 Å². The number of nitrogens with one attached hydrogen (secondary N) is 1. The summed E-state index contributed by atoms with van der Waals surface area (Å²) in [4.78, 5) is 15.9. The molecular weight excluding hydrogens is 270 g/mol. The highest BCUT2D eigenvalue weighted by Gasteiger charge is 2.17. The number of amides is 2. The van der Waals surface area contributed by atoms with E-state index in [0.29, 0.717) is 18.3 Å². The first-order valence-electron chi connectivity index (χ1n) is 7.51. The van der Waals surface area contributed by atoms with Gasteiger partial charge in [0.25, 0.3) is 0 Å². The van der Waals surface area contributed by atoms with Gasteiger partial charge in [-0.05, 0) is 45.3 Å². The van der Waals surface area contributed by atoms with E-state index in [2.05, 4.69) is 27.5 Å². The summed E-state index contributed by atoms with van der Waals surface area (Å²) in [5.74, 6) is 1.70. The summed E-state index contributed by atoms with van der Waals surface area (Å²) in [7, 11) is 3.89. The molecule has 0 atom stereocenters. The molecule has 1 saturated heterocycles. The maximum absolute atomic E-state index is 12.0. The van der Waals surface area contributed by atoms with Crippen LogP contribution in [0.15, 0.2) is 4.42 Å². The molecule has 0 aromatic carbocycles. The second kappa shape index (κ2) is 7.40. The van der Waals surface area contributed by atoms with E-state index in [9.17, 15) is 4.79 Å². The average molecular weight is 295 g/mol. The molecule has 1 aliphatic heterocycles. The molecule has 118 valence electrons. The zero-order valence-electron chi connectivity index (χ0n) is 13.1. The van der Waals surface area contributed by atoms with Crippen molar-refractivity contribution in [1.82, 2.24) is 25.3 Å². The Morgan fingerprint density at radius 3 is 2.76 bits per heavy atom. The summed E-state index contributed by atoms with van der Waals surface area (Å²) in [6.07, 6.45) is 3.50. The van der Waals surface area contributed by atoms with E-state index in [-0.39, 0.29) is 6.03 Å². The minimum absolute atomic E-state index is 0.0984. The number of aryl methyl sites for hydroxylation is 1. The first-order valence-corrected chi connectivity index (χ1v) is 7.51. The third kappa shape index (κ3) is 5.00. The number of nitrogens with zero attached hydrogens (tertiary/aromatic N) is 4. The second-order valence-corrected chi connectivity index (χ2v) is 5.84. The van der Waals surface area contributed by atoms with Crippen LogP contribution in [0.4, 0.5) is 4.79 Å². The molecule has 1 aliphatic rings. The fraction of sp³-hybridized carbons (Fsp3) is 0.786. The highest BCUT2D eigenvalue weighted by Crippen LogP contribution is 2.18. The number of aromatic nitrogens is 2. The Kier molecular flexibility index (Phi) is 5.55. The van der Waals surface area contributed by atoms with Crippen molar-refractivity contribution in [3.05, 3.63) is 11.8 Å². The summed E-state index contributed by atoms with van der Waals surface area (Å²) in [6, 6.07) is -0.0984. The standard InChI is InChI=1S/C14H25N5O2/c1-11-16-17-13(21-11)10-19(3)14(20)15-7-4-12-5-8-18(2)9-6-12/h12H,4-10H2,1-3H3,(H,15,20). The number of piperidine rings is 1. The number of rotatable bonds is 5. The summed E-state index contributed by atoms with van der Waals surface area (Å²) < 4.78 is 5.27. The van der Waals surface area contributed by atoms with Crippen LogP contribution in [0.2, 0.25) is 0 Å². The maximum atomic E-state index is 12.0. The second-order valence-electron chi connectivity index (χ2n) is 5.84. The van der Waals surface area contributed by atoms with Crippen molar-refractivity contribution in [2.75, 3.05) is 33.7 Å². The van der Waals surface area contributed by atoms with Crippen molar-refractivity contribution >= 4 is 6.03 Å². The van der Waals surface area contributed by atoms with Crippen LogP contribution < -0.4 is 5.32 Å². The normalized spacial score (nSPS) is 16.9. The van der Waals surface area contributed by atoms with Gasteiger partial charge in [0.1, 0.15) is 6.54 Å². The van der Waals surface area contributed by atoms with Crippen LogP contribution in [0, 0.1) is 12.8 Å². The van der Waals surface area contributed by atoms with E-state index in [0.717, 1.165) is 32.0 Å². The predicted molar refractivity (Wildman–Crippen MR) is 78.7 cm³/mol. The molecule has 0 radical (unpaired) electrons.